The smallest absolute Gasteiger partial charge is 0.123 e. The van der Waals surface area contributed by atoms with Gasteiger partial charge in [-0.15, -0.1) is 0 Å². The van der Waals surface area contributed by atoms with Gasteiger partial charge in [-0.1, -0.05) is 54.6 Å². The molecule has 1 unspecified atom stereocenters. The van der Waals surface area contributed by atoms with E-state index in [2.05, 4.69) is 45.0 Å². The number of ether oxygens (including phenoxy) is 1. The molecule has 0 spiro atoms. The van der Waals surface area contributed by atoms with Crippen molar-refractivity contribution in [3.05, 3.63) is 143 Å². The fraction of sp³-hybridized carbons (Fsp3) is 0.129. The lowest BCUT2D eigenvalue weighted by molar-refractivity contribution is 0.306. The maximum absolute atomic E-state index is 13.8. The molecule has 0 bridgehead atoms. The van der Waals surface area contributed by atoms with Crippen LogP contribution in [0.2, 0.25) is 0 Å². The molecular formula is C31H27FN4O. The average Bonchev–Trinajstić information content (AvgIpc) is 3.32. The standard InChI is InChI=1S/C31H27FN4O/c1-36-19-27-28(22-9-13-26(14-10-22)37-20-21-5-3-2-4-6-21)29(23-15-17-33-18-16-23)30(34-31(27)35-36)24-7-11-25(32)12-8-24/h2-18,30,34-35H,19-20H2,1H3. The summed E-state index contributed by atoms with van der Waals surface area (Å²) in [5.74, 6) is 1.53. The number of pyridine rings is 1. The van der Waals surface area contributed by atoms with E-state index < -0.39 is 0 Å². The van der Waals surface area contributed by atoms with Gasteiger partial charge in [0.1, 0.15) is 24.0 Å². The Bertz CT molecular complexity index is 1450. The summed E-state index contributed by atoms with van der Waals surface area (Å²) < 4.78 is 19.9. The third kappa shape index (κ3) is 4.71. The zero-order valence-corrected chi connectivity index (χ0v) is 20.5. The lowest BCUT2D eigenvalue weighted by Crippen LogP contribution is -2.35. The summed E-state index contributed by atoms with van der Waals surface area (Å²) in [7, 11) is 2.02. The highest BCUT2D eigenvalue weighted by atomic mass is 19.1. The number of hydrazine groups is 1. The summed E-state index contributed by atoms with van der Waals surface area (Å²) in [6.45, 7) is 1.26. The first kappa shape index (κ1) is 23.0. The van der Waals surface area contributed by atoms with E-state index in [1.54, 1.807) is 0 Å². The first-order valence-electron chi connectivity index (χ1n) is 12.3. The number of rotatable bonds is 6. The van der Waals surface area contributed by atoms with Gasteiger partial charge < -0.3 is 15.5 Å². The number of nitrogens with zero attached hydrogens (tertiary/aromatic N) is 2. The van der Waals surface area contributed by atoms with Gasteiger partial charge in [-0.3, -0.25) is 4.98 Å². The van der Waals surface area contributed by atoms with E-state index in [1.165, 1.54) is 17.7 Å². The number of aromatic nitrogens is 1. The number of dihydropyridines is 1. The number of hydrogen-bond donors (Lipinski definition) is 2. The lowest BCUT2D eigenvalue weighted by atomic mass is 9.81. The molecule has 4 aromatic rings. The minimum absolute atomic E-state index is 0.176. The monoisotopic (exact) mass is 490 g/mol. The normalized spacial score (nSPS) is 17.3. The summed E-state index contributed by atoms with van der Waals surface area (Å²) in [5.41, 5.74) is 11.2. The van der Waals surface area contributed by atoms with Gasteiger partial charge in [0.2, 0.25) is 0 Å². The number of likely N-dealkylation sites (N-methyl/N-ethyl adjacent to an activating group) is 1. The third-order valence-electron chi connectivity index (χ3n) is 6.73. The maximum Gasteiger partial charge on any atom is 0.123 e. The van der Waals surface area contributed by atoms with Crippen LogP contribution in [0.3, 0.4) is 0 Å². The second kappa shape index (κ2) is 9.91. The first-order valence-corrected chi connectivity index (χ1v) is 12.3. The molecule has 0 aliphatic carbocycles. The van der Waals surface area contributed by atoms with Crippen LogP contribution in [0, 0.1) is 5.82 Å². The second-order valence-electron chi connectivity index (χ2n) is 9.27. The molecule has 2 aliphatic rings. The molecule has 0 radical (unpaired) electrons. The number of benzene rings is 3. The molecule has 0 fully saturated rings. The Morgan fingerprint density at radius 2 is 1.62 bits per heavy atom. The molecule has 1 aromatic heterocycles. The molecule has 1 atom stereocenters. The Morgan fingerprint density at radius 1 is 0.892 bits per heavy atom. The van der Waals surface area contributed by atoms with Crippen molar-refractivity contribution in [2.24, 2.45) is 0 Å². The van der Waals surface area contributed by atoms with E-state index in [1.807, 2.05) is 74.0 Å². The second-order valence-corrected chi connectivity index (χ2v) is 9.27. The van der Waals surface area contributed by atoms with Gasteiger partial charge in [-0.05, 0) is 69.8 Å². The van der Waals surface area contributed by atoms with Crippen molar-refractivity contribution in [1.29, 1.82) is 0 Å². The number of halogens is 1. The van der Waals surface area contributed by atoms with Gasteiger partial charge in [-0.2, -0.15) is 0 Å². The van der Waals surface area contributed by atoms with Crippen molar-refractivity contribution >= 4 is 11.1 Å². The lowest BCUT2D eigenvalue weighted by Gasteiger charge is -2.32. The van der Waals surface area contributed by atoms with E-state index in [9.17, 15) is 4.39 Å². The summed E-state index contributed by atoms with van der Waals surface area (Å²) in [6, 6.07) is 29.0. The van der Waals surface area contributed by atoms with Crippen LogP contribution in [-0.2, 0) is 6.61 Å². The summed E-state index contributed by atoms with van der Waals surface area (Å²) in [6.07, 6.45) is 3.62. The van der Waals surface area contributed by atoms with Crippen molar-refractivity contribution in [2.45, 2.75) is 12.6 Å². The van der Waals surface area contributed by atoms with Crippen molar-refractivity contribution in [1.82, 2.24) is 20.7 Å². The van der Waals surface area contributed by atoms with Gasteiger partial charge in [-0.25, -0.2) is 9.40 Å². The molecule has 2 aliphatic heterocycles. The van der Waals surface area contributed by atoms with Gasteiger partial charge in [0.15, 0.2) is 0 Å². The van der Waals surface area contributed by atoms with Crippen LogP contribution in [0.1, 0.15) is 28.3 Å². The Hall–Kier alpha value is -4.42. The van der Waals surface area contributed by atoms with E-state index in [0.29, 0.717) is 6.61 Å². The third-order valence-corrected chi connectivity index (χ3v) is 6.73. The Kier molecular flexibility index (Phi) is 6.16. The van der Waals surface area contributed by atoms with Crippen LogP contribution in [0.25, 0.3) is 11.1 Å². The largest absolute Gasteiger partial charge is 0.489 e. The van der Waals surface area contributed by atoms with Gasteiger partial charge >= 0.3 is 0 Å². The molecule has 37 heavy (non-hydrogen) atoms. The maximum atomic E-state index is 13.8. The molecule has 184 valence electrons. The molecule has 6 heteroatoms. The molecular weight excluding hydrogens is 463 g/mol. The van der Waals surface area contributed by atoms with Crippen LogP contribution in [0.5, 0.6) is 5.75 Å². The highest BCUT2D eigenvalue weighted by Crippen LogP contribution is 2.45. The van der Waals surface area contributed by atoms with Gasteiger partial charge in [0.25, 0.3) is 0 Å². The SMILES string of the molecule is CN1CC2=C(NC(c3ccc(F)cc3)C(c3ccncc3)=C2c2ccc(OCc3ccccc3)cc2)N1. The van der Waals surface area contributed by atoms with Crippen molar-refractivity contribution in [3.63, 3.8) is 0 Å². The molecule has 6 rings (SSSR count). The van der Waals surface area contributed by atoms with Crippen molar-refractivity contribution < 1.29 is 9.13 Å². The Balaban J connectivity index is 1.44. The molecule has 2 N–H and O–H groups in total. The zero-order valence-electron chi connectivity index (χ0n) is 20.5. The van der Waals surface area contributed by atoms with Gasteiger partial charge in [0, 0.05) is 31.6 Å². The van der Waals surface area contributed by atoms with Crippen LogP contribution in [-0.4, -0.2) is 23.6 Å². The van der Waals surface area contributed by atoms with Crippen molar-refractivity contribution in [3.8, 4) is 5.75 Å². The predicted octanol–water partition coefficient (Wildman–Crippen LogP) is 5.72. The van der Waals surface area contributed by atoms with Crippen LogP contribution >= 0.6 is 0 Å². The van der Waals surface area contributed by atoms with E-state index in [-0.39, 0.29) is 11.9 Å². The van der Waals surface area contributed by atoms with E-state index >= 15 is 0 Å². The average molecular weight is 491 g/mol. The van der Waals surface area contributed by atoms with E-state index in [4.69, 9.17) is 4.74 Å². The van der Waals surface area contributed by atoms with Crippen molar-refractivity contribution in [2.75, 3.05) is 13.6 Å². The quantitative estimate of drug-likeness (QED) is 0.362. The van der Waals surface area contributed by atoms with Crippen LogP contribution in [0.4, 0.5) is 4.39 Å². The number of hydrogen-bond acceptors (Lipinski definition) is 5. The highest BCUT2D eigenvalue weighted by Gasteiger charge is 2.35. The Morgan fingerprint density at radius 3 is 2.35 bits per heavy atom. The summed E-state index contributed by atoms with van der Waals surface area (Å²) >= 11 is 0. The summed E-state index contributed by atoms with van der Waals surface area (Å²) in [5, 5.41) is 5.74. The number of nitrogens with one attached hydrogen (secondary N) is 2. The van der Waals surface area contributed by atoms with Crippen LogP contribution < -0.4 is 15.5 Å². The molecule has 0 amide bonds. The molecule has 0 saturated carbocycles. The predicted molar refractivity (Wildman–Crippen MR) is 143 cm³/mol. The molecule has 3 aromatic carbocycles. The minimum Gasteiger partial charge on any atom is -0.489 e. The molecule has 0 saturated heterocycles. The first-order chi connectivity index (χ1) is 18.2. The summed E-state index contributed by atoms with van der Waals surface area (Å²) in [4.78, 5) is 4.24. The van der Waals surface area contributed by atoms with Crippen LogP contribution in [0.15, 0.2) is 115 Å². The Labute approximate surface area is 215 Å². The minimum atomic E-state index is -0.251. The highest BCUT2D eigenvalue weighted by molar-refractivity contribution is 6.02. The molecule has 5 nitrogen and oxygen atoms in total. The fourth-order valence-electron chi connectivity index (χ4n) is 5.00. The van der Waals surface area contributed by atoms with Gasteiger partial charge in [0.05, 0.1) is 6.04 Å². The topological polar surface area (TPSA) is 49.4 Å². The van der Waals surface area contributed by atoms with E-state index in [0.717, 1.165) is 51.5 Å². The molecule has 3 heterocycles. The fourth-order valence-corrected chi connectivity index (χ4v) is 5.00. The zero-order chi connectivity index (χ0) is 25.2.